The van der Waals surface area contributed by atoms with E-state index < -0.39 is 18.6 Å². The van der Waals surface area contributed by atoms with Crippen LogP contribution in [0.1, 0.15) is 24.4 Å². The summed E-state index contributed by atoms with van der Waals surface area (Å²) >= 11 is 11.5. The number of nitrogens with two attached hydrogens (primary N) is 1. The maximum atomic E-state index is 12.0. The maximum Gasteiger partial charge on any atom is 0.389 e. The van der Waals surface area contributed by atoms with Gasteiger partial charge in [0.05, 0.1) is 10.0 Å². The minimum atomic E-state index is -4.23. The second-order valence-corrected chi connectivity index (χ2v) is 4.09. The van der Waals surface area contributed by atoms with Crippen molar-refractivity contribution in [2.75, 3.05) is 0 Å². The van der Waals surface area contributed by atoms with Crippen LogP contribution in [-0.4, -0.2) is 11.2 Å². The molecule has 1 atom stereocenters. The first kappa shape index (κ1) is 16.8. The molecule has 0 saturated carbocycles. The third kappa shape index (κ3) is 5.29. The molecule has 2 N–H and O–H groups in total. The predicted molar refractivity (Wildman–Crippen MR) is 63.7 cm³/mol. The molecule has 1 rings (SSSR count). The van der Waals surface area contributed by atoms with Crippen molar-refractivity contribution in [1.29, 1.82) is 0 Å². The van der Waals surface area contributed by atoms with E-state index in [4.69, 9.17) is 28.9 Å². The highest BCUT2D eigenvalue weighted by atomic mass is 35.5. The van der Waals surface area contributed by atoms with Crippen LogP contribution in [0.2, 0.25) is 10.0 Å². The van der Waals surface area contributed by atoms with Gasteiger partial charge in [-0.2, -0.15) is 13.2 Å². The van der Waals surface area contributed by atoms with Crippen LogP contribution in [0, 0.1) is 0 Å². The zero-order chi connectivity index (χ0) is 12.3. The van der Waals surface area contributed by atoms with Crippen molar-refractivity contribution in [3.63, 3.8) is 0 Å². The molecule has 0 saturated heterocycles. The average Bonchev–Trinajstić information content (AvgIpc) is 2.13. The molecule has 0 bridgehead atoms. The number of pyridine rings is 1. The molecular weight excluding hydrogens is 299 g/mol. The molecule has 0 aromatic carbocycles. The fourth-order valence-electron chi connectivity index (χ4n) is 1.24. The molecular formula is C9H10Cl3F3N2. The molecule has 0 spiro atoms. The molecule has 0 radical (unpaired) electrons. The van der Waals surface area contributed by atoms with Gasteiger partial charge in [-0.15, -0.1) is 12.4 Å². The molecule has 0 unspecified atom stereocenters. The van der Waals surface area contributed by atoms with Crippen LogP contribution in [0.15, 0.2) is 12.4 Å². The first-order chi connectivity index (χ1) is 7.31. The Morgan fingerprint density at radius 3 is 2.12 bits per heavy atom. The Kier molecular flexibility index (Phi) is 6.55. The summed E-state index contributed by atoms with van der Waals surface area (Å²) < 4.78 is 36.0. The number of rotatable bonds is 3. The van der Waals surface area contributed by atoms with Crippen LogP contribution in [0.25, 0.3) is 0 Å². The van der Waals surface area contributed by atoms with Crippen molar-refractivity contribution in [2.24, 2.45) is 5.73 Å². The van der Waals surface area contributed by atoms with E-state index in [1.807, 2.05) is 0 Å². The Labute approximate surface area is 113 Å². The number of alkyl halides is 3. The first-order valence-corrected chi connectivity index (χ1v) is 5.18. The Morgan fingerprint density at radius 1 is 1.24 bits per heavy atom. The van der Waals surface area contributed by atoms with Gasteiger partial charge in [0.15, 0.2) is 0 Å². The number of halogens is 6. The fourth-order valence-corrected chi connectivity index (χ4v) is 1.88. The molecule has 0 aliphatic heterocycles. The highest BCUT2D eigenvalue weighted by molar-refractivity contribution is 6.35. The predicted octanol–water partition coefficient (Wildman–Crippen LogP) is 4.15. The zero-order valence-electron chi connectivity index (χ0n) is 8.47. The molecule has 1 heterocycles. The van der Waals surface area contributed by atoms with Gasteiger partial charge in [0.25, 0.3) is 0 Å². The summed E-state index contributed by atoms with van der Waals surface area (Å²) in [6.07, 6.45) is -2.86. The zero-order valence-corrected chi connectivity index (χ0v) is 10.8. The summed E-state index contributed by atoms with van der Waals surface area (Å²) in [5.74, 6) is 0. The van der Waals surface area contributed by atoms with Gasteiger partial charge in [0.2, 0.25) is 0 Å². The molecule has 1 aromatic heterocycles. The normalized spacial score (nSPS) is 13.1. The van der Waals surface area contributed by atoms with Gasteiger partial charge in [0, 0.05) is 30.4 Å². The van der Waals surface area contributed by atoms with Gasteiger partial charge in [0.1, 0.15) is 0 Å². The summed E-state index contributed by atoms with van der Waals surface area (Å²) in [4.78, 5) is 3.69. The third-order valence-electron chi connectivity index (χ3n) is 2.00. The number of aromatic nitrogens is 1. The lowest BCUT2D eigenvalue weighted by atomic mass is 10.0. The highest BCUT2D eigenvalue weighted by Gasteiger charge is 2.28. The van der Waals surface area contributed by atoms with E-state index >= 15 is 0 Å². The summed E-state index contributed by atoms with van der Waals surface area (Å²) in [6.45, 7) is 0. The van der Waals surface area contributed by atoms with Crippen molar-refractivity contribution in [1.82, 2.24) is 4.98 Å². The van der Waals surface area contributed by atoms with Gasteiger partial charge < -0.3 is 5.73 Å². The molecule has 8 heteroatoms. The highest BCUT2D eigenvalue weighted by Crippen LogP contribution is 2.32. The fraction of sp³-hybridized carbons (Fsp3) is 0.444. The second-order valence-electron chi connectivity index (χ2n) is 3.28. The number of hydrogen-bond acceptors (Lipinski definition) is 2. The monoisotopic (exact) mass is 308 g/mol. The van der Waals surface area contributed by atoms with Crippen LogP contribution in [-0.2, 0) is 0 Å². The van der Waals surface area contributed by atoms with E-state index in [0.717, 1.165) is 0 Å². The van der Waals surface area contributed by atoms with Crippen LogP contribution in [0.3, 0.4) is 0 Å². The van der Waals surface area contributed by atoms with Crippen LogP contribution >= 0.6 is 35.6 Å². The first-order valence-electron chi connectivity index (χ1n) is 4.42. The van der Waals surface area contributed by atoms with Gasteiger partial charge >= 0.3 is 6.18 Å². The Hall–Kier alpha value is -0.230. The molecule has 0 amide bonds. The minimum Gasteiger partial charge on any atom is -0.324 e. The summed E-state index contributed by atoms with van der Waals surface area (Å²) in [5.41, 5.74) is 5.92. The van der Waals surface area contributed by atoms with Gasteiger partial charge in [-0.05, 0) is 6.42 Å². The van der Waals surface area contributed by atoms with Crippen molar-refractivity contribution in [3.05, 3.63) is 28.0 Å². The van der Waals surface area contributed by atoms with Gasteiger partial charge in [-0.3, -0.25) is 4.98 Å². The van der Waals surface area contributed by atoms with E-state index in [0.29, 0.717) is 5.56 Å². The smallest absolute Gasteiger partial charge is 0.324 e. The maximum absolute atomic E-state index is 12.0. The van der Waals surface area contributed by atoms with Crippen molar-refractivity contribution >= 4 is 35.6 Å². The molecule has 0 aliphatic rings. The summed E-state index contributed by atoms with van der Waals surface area (Å²) in [7, 11) is 0. The summed E-state index contributed by atoms with van der Waals surface area (Å²) in [6, 6.07) is -0.843. The lowest BCUT2D eigenvalue weighted by Crippen LogP contribution is -2.16. The third-order valence-corrected chi connectivity index (χ3v) is 2.60. The standard InChI is InChI=1S/C9H9Cl2F3N2.ClH/c10-5-3-16-4-6(11)8(5)7(15)1-2-9(12,13)14;/h3-4,7H,1-2,15H2;1H/t7-;/m1./s1. The van der Waals surface area contributed by atoms with Crippen molar-refractivity contribution < 1.29 is 13.2 Å². The average molecular weight is 310 g/mol. The molecule has 0 fully saturated rings. The number of nitrogens with zero attached hydrogens (tertiary/aromatic N) is 1. The second kappa shape index (κ2) is 6.64. The molecule has 17 heavy (non-hydrogen) atoms. The number of hydrogen-bond donors (Lipinski definition) is 1. The Morgan fingerprint density at radius 2 is 1.71 bits per heavy atom. The molecule has 98 valence electrons. The van der Waals surface area contributed by atoms with E-state index in [-0.39, 0.29) is 28.9 Å². The van der Waals surface area contributed by atoms with E-state index in [1.165, 1.54) is 12.4 Å². The van der Waals surface area contributed by atoms with Gasteiger partial charge in [-0.1, -0.05) is 23.2 Å². The van der Waals surface area contributed by atoms with E-state index in [1.54, 1.807) is 0 Å². The molecule has 1 aromatic rings. The summed E-state index contributed by atoms with van der Waals surface area (Å²) in [5, 5.41) is 0.365. The van der Waals surface area contributed by atoms with Gasteiger partial charge in [-0.25, -0.2) is 0 Å². The Balaban J connectivity index is 0.00000256. The lowest BCUT2D eigenvalue weighted by molar-refractivity contribution is -0.136. The minimum absolute atomic E-state index is 0. The Bertz CT molecular complexity index is 351. The molecule has 0 aliphatic carbocycles. The SMILES string of the molecule is Cl.N[C@H](CCC(F)(F)F)c1c(Cl)cncc1Cl. The van der Waals surface area contributed by atoms with E-state index in [2.05, 4.69) is 4.98 Å². The largest absolute Gasteiger partial charge is 0.389 e. The molecule has 2 nitrogen and oxygen atoms in total. The lowest BCUT2D eigenvalue weighted by Gasteiger charge is -2.15. The topological polar surface area (TPSA) is 38.9 Å². The van der Waals surface area contributed by atoms with Crippen molar-refractivity contribution in [2.45, 2.75) is 25.1 Å². The quantitative estimate of drug-likeness (QED) is 0.911. The van der Waals surface area contributed by atoms with Crippen LogP contribution in [0.4, 0.5) is 13.2 Å². The van der Waals surface area contributed by atoms with Crippen LogP contribution in [0.5, 0.6) is 0 Å². The van der Waals surface area contributed by atoms with E-state index in [9.17, 15) is 13.2 Å². The van der Waals surface area contributed by atoms with Crippen molar-refractivity contribution in [3.8, 4) is 0 Å². The van der Waals surface area contributed by atoms with Crippen LogP contribution < -0.4 is 5.73 Å².